The number of carbonyl (C=O) groups excluding carboxylic acids is 1. The van der Waals surface area contributed by atoms with Gasteiger partial charge in [0.05, 0.1) is 0 Å². The highest BCUT2D eigenvalue weighted by molar-refractivity contribution is 6.00. The minimum atomic E-state index is -0.270. The van der Waals surface area contributed by atoms with Crippen LogP contribution in [-0.4, -0.2) is 25.5 Å². The Morgan fingerprint density at radius 2 is 1.79 bits per heavy atom. The van der Waals surface area contributed by atoms with Crippen LogP contribution >= 0.6 is 0 Å². The van der Waals surface area contributed by atoms with Crippen LogP contribution in [0.3, 0.4) is 0 Å². The number of benzene rings is 1. The molecule has 0 fully saturated rings. The zero-order valence-electron chi connectivity index (χ0n) is 16.8. The first-order chi connectivity index (χ1) is 13.9. The average Bonchev–Trinajstić information content (AvgIpc) is 3.10. The molecule has 6 nitrogen and oxygen atoms in total. The summed E-state index contributed by atoms with van der Waals surface area (Å²) in [6.45, 7) is 6.34. The Balaban J connectivity index is 1.69. The Morgan fingerprint density at radius 3 is 2.52 bits per heavy atom. The lowest BCUT2D eigenvalue weighted by Crippen LogP contribution is -2.36. The van der Waals surface area contributed by atoms with Gasteiger partial charge < -0.3 is 5.32 Å². The van der Waals surface area contributed by atoms with Gasteiger partial charge in [0, 0.05) is 35.6 Å². The Morgan fingerprint density at radius 1 is 1.07 bits per heavy atom. The Kier molecular flexibility index (Phi) is 3.91. The summed E-state index contributed by atoms with van der Waals surface area (Å²) in [5.74, 6) is 1.48. The Labute approximate surface area is 169 Å². The van der Waals surface area contributed by atoms with Gasteiger partial charge in [-0.25, -0.2) is 4.68 Å². The topological polar surface area (TPSA) is 72.7 Å². The average molecular weight is 385 g/mol. The van der Waals surface area contributed by atoms with Crippen LogP contribution < -0.4 is 5.32 Å². The van der Waals surface area contributed by atoms with Gasteiger partial charge in [-0.2, -0.15) is 4.98 Å². The molecule has 1 N–H and O–H groups in total. The van der Waals surface area contributed by atoms with Crippen molar-refractivity contribution in [2.75, 3.05) is 5.32 Å². The number of aryl methyl sites for hydroxylation is 1. The quantitative estimate of drug-likeness (QED) is 0.712. The number of Topliss-reactive ketones (excluding diaryl/α,β-unsaturated/α-hetero) is 1. The van der Waals surface area contributed by atoms with Gasteiger partial charge in [-0.05, 0) is 36.5 Å². The predicted molar refractivity (Wildman–Crippen MR) is 111 cm³/mol. The van der Waals surface area contributed by atoms with Gasteiger partial charge in [-0.1, -0.05) is 43.7 Å². The smallest absolute Gasteiger partial charge is 0.226 e. The Bertz CT molecular complexity index is 1130. The van der Waals surface area contributed by atoms with Crippen LogP contribution in [0, 0.1) is 12.3 Å². The maximum absolute atomic E-state index is 13.2. The molecule has 5 rings (SSSR count). The number of nitrogens with zero attached hydrogens (tertiary/aromatic N) is 4. The molecule has 146 valence electrons. The summed E-state index contributed by atoms with van der Waals surface area (Å²) in [7, 11) is 0. The third kappa shape index (κ3) is 3.05. The number of rotatable bonds is 2. The van der Waals surface area contributed by atoms with Crippen LogP contribution in [-0.2, 0) is 4.79 Å². The zero-order chi connectivity index (χ0) is 20.2. The minimum absolute atomic E-state index is 0.0726. The van der Waals surface area contributed by atoms with E-state index in [1.807, 2.05) is 16.8 Å². The first-order valence-electron chi connectivity index (χ1n) is 9.88. The van der Waals surface area contributed by atoms with Crippen molar-refractivity contribution >= 4 is 11.7 Å². The zero-order valence-corrected chi connectivity index (χ0v) is 16.8. The summed E-state index contributed by atoms with van der Waals surface area (Å²) in [4.78, 5) is 22.0. The number of anilines is 1. The fourth-order valence-corrected chi connectivity index (χ4v) is 4.29. The van der Waals surface area contributed by atoms with Crippen LogP contribution in [0.1, 0.15) is 43.9 Å². The van der Waals surface area contributed by atoms with Gasteiger partial charge in [0.15, 0.2) is 11.6 Å². The van der Waals surface area contributed by atoms with Crippen molar-refractivity contribution in [3.63, 3.8) is 0 Å². The highest BCUT2D eigenvalue weighted by atomic mass is 16.1. The summed E-state index contributed by atoms with van der Waals surface area (Å²) in [5, 5.41) is 8.21. The summed E-state index contributed by atoms with van der Waals surface area (Å²) in [5.41, 5.74) is 4.84. The van der Waals surface area contributed by atoms with Crippen molar-refractivity contribution in [2.45, 2.75) is 39.7 Å². The van der Waals surface area contributed by atoms with Gasteiger partial charge in [-0.3, -0.25) is 9.78 Å². The molecule has 1 atom stereocenters. The summed E-state index contributed by atoms with van der Waals surface area (Å²) < 4.78 is 1.86. The van der Waals surface area contributed by atoms with E-state index in [9.17, 15) is 4.79 Å². The van der Waals surface area contributed by atoms with E-state index < -0.39 is 0 Å². The number of hydrogen-bond acceptors (Lipinski definition) is 5. The van der Waals surface area contributed by atoms with Crippen LogP contribution in [0.25, 0.3) is 11.4 Å². The van der Waals surface area contributed by atoms with E-state index in [4.69, 9.17) is 10.1 Å². The van der Waals surface area contributed by atoms with E-state index in [2.05, 4.69) is 55.3 Å². The molecular formula is C23H23N5O. The van der Waals surface area contributed by atoms with E-state index in [0.717, 1.165) is 28.8 Å². The minimum Gasteiger partial charge on any atom is -0.328 e. The van der Waals surface area contributed by atoms with Gasteiger partial charge in [0.25, 0.3) is 0 Å². The number of allylic oxidation sites excluding steroid dienone is 2. The first kappa shape index (κ1) is 17.8. The molecule has 0 spiro atoms. The second kappa shape index (κ2) is 6.37. The molecule has 2 aromatic heterocycles. The highest BCUT2D eigenvalue weighted by Crippen LogP contribution is 2.45. The van der Waals surface area contributed by atoms with Crippen molar-refractivity contribution in [3.05, 3.63) is 71.2 Å². The van der Waals surface area contributed by atoms with Gasteiger partial charge in [0.1, 0.15) is 6.04 Å². The number of ketones is 1. The predicted octanol–water partition coefficient (Wildman–Crippen LogP) is 4.31. The van der Waals surface area contributed by atoms with Crippen LogP contribution in [0.2, 0.25) is 0 Å². The molecule has 1 aliphatic heterocycles. The summed E-state index contributed by atoms with van der Waals surface area (Å²) in [6, 6.07) is 11.8. The third-order valence-corrected chi connectivity index (χ3v) is 5.66. The van der Waals surface area contributed by atoms with E-state index in [-0.39, 0.29) is 17.2 Å². The van der Waals surface area contributed by atoms with Crippen molar-refractivity contribution in [1.29, 1.82) is 0 Å². The maximum Gasteiger partial charge on any atom is 0.226 e. The van der Waals surface area contributed by atoms with E-state index in [1.165, 1.54) is 5.56 Å². The van der Waals surface area contributed by atoms with E-state index >= 15 is 0 Å². The molecule has 29 heavy (non-hydrogen) atoms. The van der Waals surface area contributed by atoms with Crippen molar-refractivity contribution in [1.82, 2.24) is 19.7 Å². The number of fused-ring (bicyclic) bond motifs is 1. The normalized spacial score (nSPS) is 20.1. The number of nitrogens with one attached hydrogen (secondary N) is 1. The summed E-state index contributed by atoms with van der Waals surface area (Å²) >= 11 is 0. The lowest BCUT2D eigenvalue weighted by atomic mass is 9.73. The number of aromatic nitrogens is 4. The van der Waals surface area contributed by atoms with Crippen LogP contribution in [0.5, 0.6) is 0 Å². The van der Waals surface area contributed by atoms with Crippen molar-refractivity contribution in [3.8, 4) is 11.4 Å². The molecule has 3 aromatic rings. The molecule has 1 aliphatic carbocycles. The van der Waals surface area contributed by atoms with Crippen LogP contribution in [0.15, 0.2) is 60.1 Å². The number of hydrogen-bond donors (Lipinski definition) is 1. The molecule has 1 aromatic carbocycles. The second-order valence-corrected chi connectivity index (χ2v) is 8.71. The molecule has 1 unspecified atom stereocenters. The largest absolute Gasteiger partial charge is 0.328 e. The van der Waals surface area contributed by atoms with Gasteiger partial charge in [-0.15, -0.1) is 5.10 Å². The molecule has 0 bridgehead atoms. The fraction of sp³-hybridized carbons (Fsp3) is 0.304. The van der Waals surface area contributed by atoms with Gasteiger partial charge in [0.2, 0.25) is 5.95 Å². The molecule has 3 heterocycles. The monoisotopic (exact) mass is 385 g/mol. The maximum atomic E-state index is 13.2. The molecule has 2 aliphatic rings. The lowest BCUT2D eigenvalue weighted by molar-refractivity contribution is -0.118. The summed E-state index contributed by atoms with van der Waals surface area (Å²) in [6.07, 6.45) is 4.82. The number of carbonyl (C=O) groups is 1. The standard InChI is InChI=1S/C23H23N5O/c1-14-4-6-15(7-5-14)20-19-17(12-23(2,3)13-18(19)29)25-22-26-21(27-28(20)22)16-8-10-24-11-9-16/h4-11,20H,12-13H2,1-3H3,(H,25,26,27). The van der Waals surface area contributed by atoms with Crippen molar-refractivity contribution < 1.29 is 4.79 Å². The third-order valence-electron chi connectivity index (χ3n) is 5.66. The van der Waals surface area contributed by atoms with Gasteiger partial charge >= 0.3 is 0 Å². The molecule has 0 amide bonds. The Hall–Kier alpha value is -3.28. The molecule has 0 saturated heterocycles. The first-order valence-corrected chi connectivity index (χ1v) is 9.88. The van der Waals surface area contributed by atoms with Crippen LogP contribution in [0.4, 0.5) is 5.95 Å². The van der Waals surface area contributed by atoms with Crippen molar-refractivity contribution in [2.24, 2.45) is 5.41 Å². The molecular weight excluding hydrogens is 362 g/mol. The number of pyridine rings is 1. The van der Waals surface area contributed by atoms with E-state index in [1.54, 1.807) is 12.4 Å². The second-order valence-electron chi connectivity index (χ2n) is 8.71. The molecule has 0 radical (unpaired) electrons. The molecule has 6 heteroatoms. The SMILES string of the molecule is Cc1ccc(C2C3=C(CC(C)(C)CC3=O)Nc3nc(-c4ccncc4)nn32)cc1. The molecule has 0 saturated carbocycles. The lowest BCUT2D eigenvalue weighted by Gasteiger charge is -2.38. The van der Waals surface area contributed by atoms with E-state index in [0.29, 0.717) is 18.2 Å². The highest BCUT2D eigenvalue weighted by Gasteiger charge is 2.41. The fourth-order valence-electron chi connectivity index (χ4n) is 4.29.